The number of carbonyl (C=O) groups excluding carboxylic acids is 1. The number of amides is 1. The fourth-order valence-corrected chi connectivity index (χ4v) is 4.99. The fourth-order valence-electron chi connectivity index (χ4n) is 4.24. The molecule has 0 atom stereocenters. The zero-order chi connectivity index (χ0) is 28.0. The maximum absolute atomic E-state index is 13.7. The highest BCUT2D eigenvalue weighted by molar-refractivity contribution is 7.98. The number of furan rings is 1. The van der Waals surface area contributed by atoms with Gasteiger partial charge in [0.15, 0.2) is 16.6 Å². The van der Waals surface area contributed by atoms with Crippen molar-refractivity contribution in [3.8, 4) is 0 Å². The molecule has 208 valence electrons. The van der Waals surface area contributed by atoms with Gasteiger partial charge in [0.2, 0.25) is 0 Å². The molecular formula is C28H27F3N6O2S. The van der Waals surface area contributed by atoms with Gasteiger partial charge in [-0.3, -0.25) is 14.7 Å². The van der Waals surface area contributed by atoms with E-state index in [0.717, 1.165) is 29.9 Å². The number of anilines is 1. The summed E-state index contributed by atoms with van der Waals surface area (Å²) in [6.07, 6.45) is -1.33. The molecule has 12 heteroatoms. The lowest BCUT2D eigenvalue weighted by molar-refractivity contribution is -0.141. The number of carbonyl (C=O) groups is 1. The minimum Gasteiger partial charge on any atom is -0.455 e. The molecule has 4 aromatic rings. The Kier molecular flexibility index (Phi) is 8.66. The van der Waals surface area contributed by atoms with Crippen LogP contribution >= 0.6 is 11.8 Å². The predicted octanol–water partition coefficient (Wildman–Crippen LogP) is 5.03. The van der Waals surface area contributed by atoms with E-state index in [1.54, 1.807) is 30.6 Å². The molecule has 1 aliphatic rings. The second-order valence-electron chi connectivity index (χ2n) is 9.23. The molecule has 0 spiro atoms. The molecule has 1 fully saturated rings. The van der Waals surface area contributed by atoms with Gasteiger partial charge in [-0.05, 0) is 35.4 Å². The maximum Gasteiger partial charge on any atom is 0.433 e. The summed E-state index contributed by atoms with van der Waals surface area (Å²) in [6, 6.07) is 17.8. The molecule has 0 bridgehead atoms. The van der Waals surface area contributed by atoms with Crippen LogP contribution in [0.3, 0.4) is 0 Å². The molecule has 1 aromatic carbocycles. The third-order valence-electron chi connectivity index (χ3n) is 6.36. The number of alkyl halides is 3. The maximum atomic E-state index is 13.7. The Labute approximate surface area is 233 Å². The molecule has 3 aromatic heterocycles. The smallest absolute Gasteiger partial charge is 0.433 e. The molecule has 0 saturated carbocycles. The van der Waals surface area contributed by atoms with Crippen LogP contribution in [0.15, 0.2) is 82.6 Å². The van der Waals surface area contributed by atoms with E-state index in [2.05, 4.69) is 37.3 Å². The summed E-state index contributed by atoms with van der Waals surface area (Å²) >= 11 is 1.03. The van der Waals surface area contributed by atoms with Gasteiger partial charge in [0, 0.05) is 57.7 Å². The van der Waals surface area contributed by atoms with Crippen molar-refractivity contribution in [1.82, 2.24) is 25.2 Å². The van der Waals surface area contributed by atoms with Gasteiger partial charge < -0.3 is 14.6 Å². The van der Waals surface area contributed by atoms with Crippen LogP contribution in [0.25, 0.3) is 0 Å². The van der Waals surface area contributed by atoms with Crippen LogP contribution in [0, 0.1) is 0 Å². The van der Waals surface area contributed by atoms with E-state index in [1.807, 2.05) is 23.1 Å². The van der Waals surface area contributed by atoms with Gasteiger partial charge >= 0.3 is 6.18 Å². The number of nitrogens with zero attached hydrogens (tertiary/aromatic N) is 5. The molecule has 0 aliphatic carbocycles. The van der Waals surface area contributed by atoms with Gasteiger partial charge in [0.05, 0.1) is 5.75 Å². The first-order valence-electron chi connectivity index (χ1n) is 12.7. The molecule has 4 heterocycles. The van der Waals surface area contributed by atoms with E-state index >= 15 is 0 Å². The van der Waals surface area contributed by atoms with Crippen molar-refractivity contribution < 1.29 is 22.4 Å². The van der Waals surface area contributed by atoms with E-state index in [9.17, 15) is 18.0 Å². The Morgan fingerprint density at radius 1 is 0.950 bits per heavy atom. The second kappa shape index (κ2) is 12.5. The van der Waals surface area contributed by atoms with Gasteiger partial charge in [-0.1, -0.05) is 42.1 Å². The van der Waals surface area contributed by atoms with E-state index in [-0.39, 0.29) is 22.5 Å². The summed E-state index contributed by atoms with van der Waals surface area (Å²) in [5.41, 5.74) is 1.10. The molecule has 1 aliphatic heterocycles. The summed E-state index contributed by atoms with van der Waals surface area (Å²) in [5.74, 6) is 0.570. The number of nitrogens with one attached hydrogen (secondary N) is 1. The third-order valence-corrected chi connectivity index (χ3v) is 7.23. The summed E-state index contributed by atoms with van der Waals surface area (Å²) in [7, 11) is 0. The number of piperazine rings is 1. The van der Waals surface area contributed by atoms with Crippen LogP contribution in [0.4, 0.5) is 19.0 Å². The Morgan fingerprint density at radius 3 is 2.42 bits per heavy atom. The van der Waals surface area contributed by atoms with Gasteiger partial charge in [-0.2, -0.15) is 13.2 Å². The van der Waals surface area contributed by atoms with Crippen molar-refractivity contribution >= 4 is 23.5 Å². The van der Waals surface area contributed by atoms with Crippen LogP contribution in [-0.2, 0) is 25.0 Å². The van der Waals surface area contributed by atoms with Crippen molar-refractivity contribution in [2.45, 2.75) is 30.2 Å². The lowest BCUT2D eigenvalue weighted by Gasteiger charge is -2.35. The fraction of sp³-hybridized carbons (Fsp3) is 0.286. The number of halogens is 3. The molecule has 0 radical (unpaired) electrons. The van der Waals surface area contributed by atoms with Crippen LogP contribution in [0.5, 0.6) is 0 Å². The molecule has 40 heavy (non-hydrogen) atoms. The Bertz CT molecular complexity index is 1410. The monoisotopic (exact) mass is 568 g/mol. The normalized spacial score (nSPS) is 14.3. The SMILES string of the molecule is O=C(NCc1ccncc1)c1ccc(CSc2nc(N3CCN(Cc4ccccc4)CC3)cc(C(F)(F)F)n2)o1. The molecular weight excluding hydrogens is 541 g/mol. The zero-order valence-electron chi connectivity index (χ0n) is 21.5. The average Bonchev–Trinajstić information content (AvgIpc) is 3.45. The number of hydrogen-bond acceptors (Lipinski definition) is 8. The molecule has 1 N–H and O–H groups in total. The Balaban J connectivity index is 1.20. The largest absolute Gasteiger partial charge is 0.455 e. The first kappa shape index (κ1) is 27.7. The lowest BCUT2D eigenvalue weighted by atomic mass is 10.2. The lowest BCUT2D eigenvalue weighted by Crippen LogP contribution is -2.46. The summed E-state index contributed by atoms with van der Waals surface area (Å²) < 4.78 is 46.7. The molecule has 0 unspecified atom stereocenters. The van der Waals surface area contributed by atoms with E-state index in [4.69, 9.17) is 4.42 Å². The van der Waals surface area contributed by atoms with Crippen molar-refractivity contribution in [2.75, 3.05) is 31.1 Å². The highest BCUT2D eigenvalue weighted by Crippen LogP contribution is 2.32. The Morgan fingerprint density at radius 2 is 1.70 bits per heavy atom. The first-order chi connectivity index (χ1) is 19.3. The number of rotatable bonds is 9. The number of benzene rings is 1. The second-order valence-corrected chi connectivity index (χ2v) is 10.2. The number of thioether (sulfide) groups is 1. The van der Waals surface area contributed by atoms with Crippen LogP contribution in [0.2, 0.25) is 0 Å². The van der Waals surface area contributed by atoms with E-state index < -0.39 is 17.8 Å². The van der Waals surface area contributed by atoms with Crippen LogP contribution in [-0.4, -0.2) is 51.9 Å². The summed E-state index contributed by atoms with van der Waals surface area (Å²) in [4.78, 5) is 28.7. The third kappa shape index (κ3) is 7.39. The minimum atomic E-state index is -4.60. The molecule has 1 saturated heterocycles. The summed E-state index contributed by atoms with van der Waals surface area (Å²) in [6.45, 7) is 3.64. The van der Waals surface area contributed by atoms with Crippen molar-refractivity contribution in [1.29, 1.82) is 0 Å². The van der Waals surface area contributed by atoms with Crippen molar-refractivity contribution in [2.24, 2.45) is 0 Å². The van der Waals surface area contributed by atoms with Gasteiger partial charge in [0.1, 0.15) is 11.6 Å². The Hall–Kier alpha value is -3.90. The van der Waals surface area contributed by atoms with Crippen LogP contribution in [0.1, 0.15) is 33.1 Å². The standard InChI is InChI=1S/C28H27F3N6O2S/c29-28(30,31)24-16-25(37-14-12-36(13-15-37)18-21-4-2-1-3-5-21)35-27(34-24)40-19-22-6-7-23(39-22)26(38)33-17-20-8-10-32-11-9-20/h1-11,16H,12-15,17-19H2,(H,33,38). The van der Waals surface area contributed by atoms with E-state index in [0.29, 0.717) is 38.5 Å². The number of pyridine rings is 1. The zero-order valence-corrected chi connectivity index (χ0v) is 22.3. The quantitative estimate of drug-likeness (QED) is 0.222. The minimum absolute atomic E-state index is 0.00312. The highest BCUT2D eigenvalue weighted by atomic mass is 32.2. The predicted molar refractivity (Wildman–Crippen MR) is 145 cm³/mol. The molecule has 5 rings (SSSR count). The van der Waals surface area contributed by atoms with Crippen LogP contribution < -0.4 is 10.2 Å². The average molecular weight is 569 g/mol. The summed E-state index contributed by atoms with van der Waals surface area (Å²) in [5, 5.41) is 2.76. The van der Waals surface area contributed by atoms with Crippen molar-refractivity contribution in [3.05, 3.63) is 101 Å². The molecule has 1 amide bonds. The van der Waals surface area contributed by atoms with Gasteiger partial charge in [0.25, 0.3) is 5.91 Å². The van der Waals surface area contributed by atoms with E-state index in [1.165, 1.54) is 11.6 Å². The van der Waals surface area contributed by atoms with Gasteiger partial charge in [-0.25, -0.2) is 9.97 Å². The molecule has 8 nitrogen and oxygen atoms in total. The topological polar surface area (TPSA) is 87.4 Å². The highest BCUT2D eigenvalue weighted by Gasteiger charge is 2.34. The first-order valence-corrected chi connectivity index (χ1v) is 13.7. The number of aromatic nitrogens is 3. The number of hydrogen-bond donors (Lipinski definition) is 1. The van der Waals surface area contributed by atoms with Gasteiger partial charge in [-0.15, -0.1) is 0 Å². The van der Waals surface area contributed by atoms with Crippen molar-refractivity contribution in [3.63, 3.8) is 0 Å².